The van der Waals surface area contributed by atoms with Crippen LogP contribution in [0.4, 0.5) is 0 Å². The van der Waals surface area contributed by atoms with Gasteiger partial charge < -0.3 is 14.7 Å². The Morgan fingerprint density at radius 3 is 2.86 bits per heavy atom. The molecule has 0 saturated carbocycles. The van der Waals surface area contributed by atoms with Gasteiger partial charge in [0.2, 0.25) is 5.91 Å². The average Bonchev–Trinajstić information content (AvgIpc) is 2.54. The van der Waals surface area contributed by atoms with Gasteiger partial charge in [-0.15, -0.1) is 0 Å². The van der Waals surface area contributed by atoms with Crippen LogP contribution in [0.3, 0.4) is 0 Å². The molecule has 4 nitrogen and oxygen atoms in total. The predicted octanol–water partition coefficient (Wildman–Crippen LogP) is 1.60. The summed E-state index contributed by atoms with van der Waals surface area (Å²) in [5, 5.41) is 11.5. The zero-order chi connectivity index (χ0) is 14.7. The summed E-state index contributed by atoms with van der Waals surface area (Å²) in [5.74, 6) is 0.0898. The molecule has 1 aliphatic rings. The second-order valence-electron chi connectivity index (χ2n) is 5.37. The molecule has 0 radical (unpaired) electrons. The van der Waals surface area contributed by atoms with Gasteiger partial charge in [-0.05, 0) is 16.3 Å². The molecule has 2 aromatic carbocycles. The smallest absolute Gasteiger partial charge is 0.227 e. The molecule has 0 bridgehead atoms. The number of morpholine rings is 1. The summed E-state index contributed by atoms with van der Waals surface area (Å²) in [6.45, 7) is 1.53. The lowest BCUT2D eigenvalue weighted by Crippen LogP contribution is -2.47. The van der Waals surface area contributed by atoms with Crippen LogP contribution in [0.25, 0.3) is 10.8 Å². The highest BCUT2D eigenvalue weighted by molar-refractivity contribution is 5.85. The fourth-order valence-electron chi connectivity index (χ4n) is 2.69. The first-order valence-electron chi connectivity index (χ1n) is 7.24. The van der Waals surface area contributed by atoms with Crippen molar-refractivity contribution in [2.24, 2.45) is 0 Å². The number of hydrogen-bond acceptors (Lipinski definition) is 3. The van der Waals surface area contributed by atoms with Gasteiger partial charge in [0.1, 0.15) is 0 Å². The lowest BCUT2D eigenvalue weighted by Gasteiger charge is -2.32. The van der Waals surface area contributed by atoms with E-state index in [1.54, 1.807) is 4.90 Å². The van der Waals surface area contributed by atoms with E-state index in [1.165, 1.54) is 5.39 Å². The van der Waals surface area contributed by atoms with E-state index in [0.717, 1.165) is 10.9 Å². The molecule has 1 N–H and O–H groups in total. The fraction of sp³-hybridized carbons (Fsp3) is 0.353. The van der Waals surface area contributed by atoms with Crippen LogP contribution in [-0.4, -0.2) is 48.3 Å². The van der Waals surface area contributed by atoms with Gasteiger partial charge in [0.25, 0.3) is 0 Å². The molecule has 2 aromatic rings. The van der Waals surface area contributed by atoms with E-state index in [4.69, 9.17) is 9.84 Å². The molecule has 3 rings (SSSR count). The van der Waals surface area contributed by atoms with E-state index in [2.05, 4.69) is 18.2 Å². The third-order valence-corrected chi connectivity index (χ3v) is 3.86. The van der Waals surface area contributed by atoms with Crippen LogP contribution in [0.5, 0.6) is 0 Å². The Morgan fingerprint density at radius 2 is 2.05 bits per heavy atom. The molecule has 1 saturated heterocycles. The van der Waals surface area contributed by atoms with Crippen molar-refractivity contribution in [2.75, 3.05) is 26.3 Å². The fourth-order valence-corrected chi connectivity index (χ4v) is 2.69. The number of nitrogens with zero attached hydrogens (tertiary/aromatic N) is 1. The third kappa shape index (κ3) is 3.23. The molecule has 1 fully saturated rings. The van der Waals surface area contributed by atoms with Crippen LogP contribution in [0.1, 0.15) is 5.56 Å². The maximum Gasteiger partial charge on any atom is 0.227 e. The van der Waals surface area contributed by atoms with Crippen molar-refractivity contribution in [1.29, 1.82) is 0 Å². The summed E-state index contributed by atoms with van der Waals surface area (Å²) in [7, 11) is 0. The van der Waals surface area contributed by atoms with Gasteiger partial charge in [0, 0.05) is 13.1 Å². The normalized spacial score (nSPS) is 18.9. The third-order valence-electron chi connectivity index (χ3n) is 3.86. The number of ether oxygens (including phenoxy) is 1. The van der Waals surface area contributed by atoms with Gasteiger partial charge in [-0.3, -0.25) is 4.79 Å². The molecule has 0 spiro atoms. The zero-order valence-electron chi connectivity index (χ0n) is 11.9. The van der Waals surface area contributed by atoms with E-state index in [-0.39, 0.29) is 18.6 Å². The van der Waals surface area contributed by atoms with Crippen molar-refractivity contribution in [3.8, 4) is 0 Å². The summed E-state index contributed by atoms with van der Waals surface area (Å²) in [6, 6.07) is 14.3. The van der Waals surface area contributed by atoms with Crippen molar-refractivity contribution in [2.45, 2.75) is 12.5 Å². The molecule has 110 valence electrons. The quantitative estimate of drug-likeness (QED) is 0.932. The Hall–Kier alpha value is -1.91. The molecule has 1 amide bonds. The van der Waals surface area contributed by atoms with E-state index < -0.39 is 0 Å². The Balaban J connectivity index is 1.70. The number of rotatable bonds is 3. The molecular formula is C17H19NO3. The predicted molar refractivity (Wildman–Crippen MR) is 81.1 cm³/mol. The molecule has 1 unspecified atom stereocenters. The molecule has 1 heterocycles. The number of fused-ring (bicyclic) bond motifs is 1. The monoisotopic (exact) mass is 285 g/mol. The Labute approximate surface area is 123 Å². The van der Waals surface area contributed by atoms with Crippen LogP contribution < -0.4 is 0 Å². The SMILES string of the molecule is O=C(Cc1ccc2ccccc2c1)N1CCOC(CO)C1. The van der Waals surface area contributed by atoms with Crippen LogP contribution in [0, 0.1) is 0 Å². The van der Waals surface area contributed by atoms with Crippen molar-refractivity contribution in [3.63, 3.8) is 0 Å². The van der Waals surface area contributed by atoms with E-state index in [0.29, 0.717) is 26.1 Å². The maximum absolute atomic E-state index is 12.4. The minimum atomic E-state index is -0.251. The van der Waals surface area contributed by atoms with Gasteiger partial charge in [-0.25, -0.2) is 0 Å². The van der Waals surface area contributed by atoms with Gasteiger partial charge in [-0.2, -0.15) is 0 Å². The van der Waals surface area contributed by atoms with Crippen LogP contribution >= 0.6 is 0 Å². The average molecular weight is 285 g/mol. The van der Waals surface area contributed by atoms with Crippen LogP contribution in [-0.2, 0) is 16.0 Å². The molecule has 21 heavy (non-hydrogen) atoms. The van der Waals surface area contributed by atoms with Gasteiger partial charge in [0.05, 0.1) is 25.7 Å². The Morgan fingerprint density at radius 1 is 1.24 bits per heavy atom. The topological polar surface area (TPSA) is 49.8 Å². The molecular weight excluding hydrogens is 266 g/mol. The maximum atomic E-state index is 12.4. The lowest BCUT2D eigenvalue weighted by atomic mass is 10.0. The summed E-state index contributed by atoms with van der Waals surface area (Å²) >= 11 is 0. The van der Waals surface area contributed by atoms with Crippen molar-refractivity contribution in [3.05, 3.63) is 48.0 Å². The van der Waals surface area contributed by atoms with Crippen molar-refractivity contribution >= 4 is 16.7 Å². The van der Waals surface area contributed by atoms with Crippen molar-refractivity contribution in [1.82, 2.24) is 4.90 Å². The number of amides is 1. The van der Waals surface area contributed by atoms with Gasteiger partial charge in [-0.1, -0.05) is 42.5 Å². The highest BCUT2D eigenvalue weighted by Gasteiger charge is 2.23. The largest absolute Gasteiger partial charge is 0.394 e. The summed E-state index contributed by atoms with van der Waals surface area (Å²) in [6.07, 6.45) is 0.141. The Bertz CT molecular complexity index is 641. The first-order chi connectivity index (χ1) is 10.3. The molecule has 0 aliphatic carbocycles. The molecule has 1 atom stereocenters. The molecule has 1 aliphatic heterocycles. The molecule has 4 heteroatoms. The van der Waals surface area contributed by atoms with Crippen molar-refractivity contribution < 1.29 is 14.6 Å². The molecule has 0 aromatic heterocycles. The zero-order valence-corrected chi connectivity index (χ0v) is 11.9. The minimum absolute atomic E-state index is 0.0419. The van der Waals surface area contributed by atoms with E-state index in [9.17, 15) is 4.79 Å². The number of hydrogen-bond donors (Lipinski definition) is 1. The van der Waals surface area contributed by atoms with Gasteiger partial charge >= 0.3 is 0 Å². The number of aliphatic hydroxyl groups excluding tert-OH is 1. The first kappa shape index (κ1) is 14.0. The summed E-state index contributed by atoms with van der Waals surface area (Å²) in [4.78, 5) is 14.1. The second kappa shape index (κ2) is 6.24. The summed E-state index contributed by atoms with van der Waals surface area (Å²) in [5.41, 5.74) is 1.02. The van der Waals surface area contributed by atoms with Crippen LogP contribution in [0.2, 0.25) is 0 Å². The second-order valence-corrected chi connectivity index (χ2v) is 5.37. The summed E-state index contributed by atoms with van der Waals surface area (Å²) < 4.78 is 5.37. The van der Waals surface area contributed by atoms with E-state index >= 15 is 0 Å². The van der Waals surface area contributed by atoms with Crippen LogP contribution in [0.15, 0.2) is 42.5 Å². The number of aliphatic hydroxyl groups is 1. The Kier molecular flexibility index (Phi) is 4.18. The minimum Gasteiger partial charge on any atom is -0.394 e. The highest BCUT2D eigenvalue weighted by atomic mass is 16.5. The standard InChI is InChI=1S/C17H19NO3/c19-12-16-11-18(7-8-21-16)17(20)10-13-5-6-14-3-1-2-4-15(14)9-13/h1-6,9,16,19H,7-8,10-12H2. The number of carbonyl (C=O) groups is 1. The van der Waals surface area contributed by atoms with E-state index in [1.807, 2.05) is 24.3 Å². The number of benzene rings is 2. The number of carbonyl (C=O) groups excluding carboxylic acids is 1. The van der Waals surface area contributed by atoms with Gasteiger partial charge in [0.15, 0.2) is 0 Å². The first-order valence-corrected chi connectivity index (χ1v) is 7.24. The highest BCUT2D eigenvalue weighted by Crippen LogP contribution is 2.17. The lowest BCUT2D eigenvalue weighted by molar-refractivity contribution is -0.139.